The lowest BCUT2D eigenvalue weighted by Crippen LogP contribution is -2.44. The minimum absolute atomic E-state index is 0.0639. The zero-order valence-corrected chi connectivity index (χ0v) is 22.7. The quantitative estimate of drug-likeness (QED) is 0.485. The molecule has 3 aliphatic rings. The number of nitrogens with zero attached hydrogens (tertiary/aromatic N) is 5. The lowest BCUT2D eigenvalue weighted by molar-refractivity contribution is -0.128. The van der Waals surface area contributed by atoms with Gasteiger partial charge in [-0.25, -0.2) is 18.4 Å². The number of halogens is 2. The van der Waals surface area contributed by atoms with Gasteiger partial charge in [0.1, 0.15) is 17.5 Å². The summed E-state index contributed by atoms with van der Waals surface area (Å²) in [5, 5.41) is 17.2. The van der Waals surface area contributed by atoms with E-state index in [-0.39, 0.29) is 18.2 Å². The van der Waals surface area contributed by atoms with Crippen LogP contribution in [0, 0.1) is 23.1 Å². The Hall–Kier alpha value is -3.65. The summed E-state index contributed by atoms with van der Waals surface area (Å²) in [6, 6.07) is 13.1. The molecule has 3 atom stereocenters. The maximum atomic E-state index is 14.7. The van der Waals surface area contributed by atoms with Crippen LogP contribution in [0.4, 0.5) is 14.5 Å². The highest BCUT2D eigenvalue weighted by Gasteiger charge is 2.48. The molecule has 1 aliphatic heterocycles. The first kappa shape index (κ1) is 26.6. The lowest BCUT2D eigenvalue weighted by Gasteiger charge is -2.32. The van der Waals surface area contributed by atoms with Gasteiger partial charge < -0.3 is 10.2 Å². The van der Waals surface area contributed by atoms with Gasteiger partial charge in [0.2, 0.25) is 5.91 Å². The number of amides is 1. The summed E-state index contributed by atoms with van der Waals surface area (Å²) in [5.74, 6) is -0.0915. The smallest absolute Gasteiger partial charge is 0.225 e. The first-order valence-corrected chi connectivity index (χ1v) is 15.1. The number of carbonyl (C=O) groups is 1. The van der Waals surface area contributed by atoms with Gasteiger partial charge in [0.05, 0.1) is 18.0 Å². The van der Waals surface area contributed by atoms with Crippen LogP contribution in [0.25, 0.3) is 16.9 Å². The van der Waals surface area contributed by atoms with Gasteiger partial charge in [-0.2, -0.15) is 10.4 Å². The summed E-state index contributed by atoms with van der Waals surface area (Å²) in [6.07, 6.45) is 3.85. The Morgan fingerprint density at radius 1 is 1.12 bits per heavy atom. The standard InChI is InChI=1S/C29H30F2N6O2S/c30-20-3-7-23(24(15-20)28(38)34-29(18-32)9-10-29)27-25(17-37(35-27)26-8-4-21(31)16-33-26)19-1-5-22(6-2-19)36-11-13-40(39)14-12-36/h1-2,4-6,8,16-17,20,23-24H,3,7,9-15H2,(H,34,38)/t20-,23+,24?/m0/s1. The van der Waals surface area contributed by atoms with Crippen molar-refractivity contribution >= 4 is 22.4 Å². The number of anilines is 1. The molecule has 1 unspecified atom stereocenters. The summed E-state index contributed by atoms with van der Waals surface area (Å²) in [5.41, 5.74) is 2.52. The zero-order chi connectivity index (χ0) is 27.9. The van der Waals surface area contributed by atoms with Gasteiger partial charge in [-0.3, -0.25) is 9.00 Å². The van der Waals surface area contributed by atoms with Crippen molar-refractivity contribution in [1.82, 2.24) is 20.1 Å². The van der Waals surface area contributed by atoms with E-state index in [4.69, 9.17) is 5.10 Å². The Kier molecular flexibility index (Phi) is 7.13. The summed E-state index contributed by atoms with van der Waals surface area (Å²) in [7, 11) is -0.765. The van der Waals surface area contributed by atoms with E-state index in [1.54, 1.807) is 4.68 Å². The molecular formula is C29H30F2N6O2S. The molecule has 1 saturated heterocycles. The van der Waals surface area contributed by atoms with Gasteiger partial charge in [-0.15, -0.1) is 0 Å². The molecule has 6 rings (SSSR count). The monoisotopic (exact) mass is 564 g/mol. The van der Waals surface area contributed by atoms with Gasteiger partial charge >= 0.3 is 0 Å². The molecule has 40 heavy (non-hydrogen) atoms. The minimum Gasteiger partial charge on any atom is -0.370 e. The molecule has 2 aromatic heterocycles. The maximum absolute atomic E-state index is 14.7. The molecule has 1 aromatic carbocycles. The van der Waals surface area contributed by atoms with Gasteiger partial charge in [-0.05, 0) is 61.9 Å². The fraction of sp³-hybridized carbons (Fsp3) is 0.448. The molecule has 0 bridgehead atoms. The number of nitrogens with one attached hydrogen (secondary N) is 1. The Morgan fingerprint density at radius 2 is 1.88 bits per heavy atom. The Labute approximate surface area is 233 Å². The van der Waals surface area contributed by atoms with Crippen LogP contribution in [0.3, 0.4) is 0 Å². The number of alkyl halides is 1. The van der Waals surface area contributed by atoms with E-state index in [1.807, 2.05) is 30.5 Å². The fourth-order valence-corrected chi connectivity index (χ4v) is 6.76. The second-order valence-electron chi connectivity index (χ2n) is 10.9. The first-order chi connectivity index (χ1) is 19.3. The first-order valence-electron chi connectivity index (χ1n) is 13.6. The van der Waals surface area contributed by atoms with E-state index in [1.165, 1.54) is 12.1 Å². The molecule has 8 nitrogen and oxygen atoms in total. The van der Waals surface area contributed by atoms with Crippen molar-refractivity contribution in [2.24, 2.45) is 5.92 Å². The highest BCUT2D eigenvalue weighted by molar-refractivity contribution is 7.85. The third-order valence-electron chi connectivity index (χ3n) is 8.21. The minimum atomic E-state index is -1.10. The fourth-order valence-electron chi connectivity index (χ4n) is 5.71. The summed E-state index contributed by atoms with van der Waals surface area (Å²) >= 11 is 0. The van der Waals surface area contributed by atoms with Crippen molar-refractivity contribution in [1.29, 1.82) is 5.26 Å². The van der Waals surface area contributed by atoms with Crippen LogP contribution in [0.5, 0.6) is 0 Å². The molecule has 1 N–H and O–H groups in total. The van der Waals surface area contributed by atoms with Crippen LogP contribution >= 0.6 is 0 Å². The lowest BCUT2D eigenvalue weighted by atomic mass is 9.74. The van der Waals surface area contributed by atoms with Crippen LogP contribution in [-0.4, -0.2) is 61.2 Å². The Bertz CT molecular complexity index is 1460. The summed E-state index contributed by atoms with van der Waals surface area (Å²) in [6.45, 7) is 1.47. The second kappa shape index (κ2) is 10.7. The van der Waals surface area contributed by atoms with Crippen LogP contribution < -0.4 is 10.2 Å². The third-order valence-corrected chi connectivity index (χ3v) is 9.49. The molecule has 2 saturated carbocycles. The van der Waals surface area contributed by atoms with E-state index in [9.17, 15) is 23.0 Å². The predicted octanol–water partition coefficient (Wildman–Crippen LogP) is 4.04. The molecule has 1 amide bonds. The average Bonchev–Trinajstić information content (AvgIpc) is 3.61. The number of nitriles is 1. The van der Waals surface area contributed by atoms with Crippen molar-refractivity contribution < 1.29 is 17.8 Å². The average molecular weight is 565 g/mol. The number of aromatic nitrogens is 3. The normalized spacial score (nSPS) is 24.3. The van der Waals surface area contributed by atoms with Crippen LogP contribution in [-0.2, 0) is 15.6 Å². The number of benzene rings is 1. The summed E-state index contributed by atoms with van der Waals surface area (Å²) in [4.78, 5) is 19.8. The third kappa shape index (κ3) is 5.37. The SMILES string of the molecule is N#CC1(NC(=O)C2C[C@@H](F)CC[C@H]2c2nn(-c3ccc(F)cn3)cc2-c2ccc(N3CCS(=O)CC3)cc2)CC1. The highest BCUT2D eigenvalue weighted by Crippen LogP contribution is 2.44. The van der Waals surface area contributed by atoms with Crippen LogP contribution in [0.2, 0.25) is 0 Å². The molecule has 3 fully saturated rings. The van der Waals surface area contributed by atoms with E-state index in [2.05, 4.69) is 21.3 Å². The predicted molar refractivity (Wildman–Crippen MR) is 148 cm³/mol. The molecule has 3 aromatic rings. The van der Waals surface area contributed by atoms with Crippen molar-refractivity contribution in [3.8, 4) is 23.0 Å². The number of rotatable bonds is 6. The molecule has 2 aliphatic carbocycles. The van der Waals surface area contributed by atoms with E-state index in [0.717, 1.165) is 36.1 Å². The van der Waals surface area contributed by atoms with Crippen LogP contribution in [0.1, 0.15) is 43.7 Å². The molecule has 0 radical (unpaired) electrons. The van der Waals surface area contributed by atoms with Gasteiger partial charge in [0.25, 0.3) is 0 Å². The van der Waals surface area contributed by atoms with Crippen molar-refractivity contribution in [3.63, 3.8) is 0 Å². The zero-order valence-electron chi connectivity index (χ0n) is 21.9. The molecule has 3 heterocycles. The van der Waals surface area contributed by atoms with Gasteiger partial charge in [-0.1, -0.05) is 12.1 Å². The number of pyridine rings is 1. The van der Waals surface area contributed by atoms with E-state index >= 15 is 0 Å². The van der Waals surface area contributed by atoms with Gasteiger partial charge in [0, 0.05) is 64.7 Å². The molecule has 208 valence electrons. The number of hydrogen-bond acceptors (Lipinski definition) is 6. The molecular weight excluding hydrogens is 534 g/mol. The Balaban J connectivity index is 1.36. The van der Waals surface area contributed by atoms with E-state index < -0.39 is 34.2 Å². The van der Waals surface area contributed by atoms with Crippen molar-refractivity contribution in [2.75, 3.05) is 29.5 Å². The molecule has 0 spiro atoms. The maximum Gasteiger partial charge on any atom is 0.225 e. The molecule has 11 heteroatoms. The number of carbonyl (C=O) groups excluding carboxylic acids is 1. The second-order valence-corrected chi connectivity index (χ2v) is 12.6. The van der Waals surface area contributed by atoms with Crippen LogP contribution in [0.15, 0.2) is 48.8 Å². The Morgan fingerprint density at radius 3 is 2.52 bits per heavy atom. The highest BCUT2D eigenvalue weighted by atomic mass is 32.2. The van der Waals surface area contributed by atoms with Gasteiger partial charge in [0.15, 0.2) is 5.82 Å². The number of hydrogen-bond donors (Lipinski definition) is 1. The van der Waals surface area contributed by atoms with Crippen molar-refractivity contribution in [3.05, 3.63) is 60.3 Å². The van der Waals surface area contributed by atoms with Crippen molar-refractivity contribution in [2.45, 2.75) is 49.7 Å². The largest absolute Gasteiger partial charge is 0.370 e. The summed E-state index contributed by atoms with van der Waals surface area (Å²) < 4.78 is 41.6. The van der Waals surface area contributed by atoms with E-state index in [0.29, 0.717) is 48.7 Å². The topological polar surface area (TPSA) is 104 Å².